The van der Waals surface area contributed by atoms with Gasteiger partial charge in [0.25, 0.3) is 0 Å². The number of halogens is 3. The normalized spacial score (nSPS) is 12.9. The van der Waals surface area contributed by atoms with Crippen molar-refractivity contribution in [2.75, 3.05) is 0 Å². The van der Waals surface area contributed by atoms with E-state index in [1.165, 1.54) is 6.07 Å². The van der Waals surface area contributed by atoms with Gasteiger partial charge < -0.3 is 9.72 Å². The summed E-state index contributed by atoms with van der Waals surface area (Å²) in [6.07, 6.45) is 1.83. The van der Waals surface area contributed by atoms with E-state index >= 15 is 0 Å². The molecule has 0 saturated heterocycles. The lowest BCUT2D eigenvalue weighted by Crippen LogP contribution is -2.30. The summed E-state index contributed by atoms with van der Waals surface area (Å²) in [6.45, 7) is 3.90. The second-order valence-corrected chi connectivity index (χ2v) is 10.4. The number of sulfonamides is 1. The van der Waals surface area contributed by atoms with E-state index in [1.54, 1.807) is 11.5 Å². The van der Waals surface area contributed by atoms with Gasteiger partial charge in [-0.15, -0.1) is 5.10 Å². The number of nitrogens with zero attached hydrogens (tertiary/aromatic N) is 3. The van der Waals surface area contributed by atoms with E-state index in [-0.39, 0.29) is 10.5 Å². The third-order valence-corrected chi connectivity index (χ3v) is 7.71. The van der Waals surface area contributed by atoms with Crippen molar-refractivity contribution >= 4 is 52.8 Å². The van der Waals surface area contributed by atoms with Gasteiger partial charge >= 0.3 is 6.01 Å². The standard InChI is InChI=1S/C20H18Br2FN5O3S/c1-3-28-19(11(2)27-32(29,30)18-15(22)8-13(21)9-16(18)23)25-26-20(28)31-14-5-4-12-6-7-24-17(12)10-14/h4-11,24,27H,3H2,1-2H3/t11-/m1/s1. The van der Waals surface area contributed by atoms with Gasteiger partial charge in [0.15, 0.2) is 5.82 Å². The number of fused-ring (bicyclic) bond motifs is 1. The Hall–Kier alpha value is -2.28. The molecule has 0 fully saturated rings. The molecule has 12 heteroatoms. The first-order chi connectivity index (χ1) is 15.2. The molecule has 0 aliphatic carbocycles. The van der Waals surface area contributed by atoms with Crippen molar-refractivity contribution in [1.29, 1.82) is 0 Å². The van der Waals surface area contributed by atoms with Crippen molar-refractivity contribution in [2.45, 2.75) is 31.3 Å². The van der Waals surface area contributed by atoms with E-state index in [1.807, 2.05) is 37.4 Å². The Labute approximate surface area is 200 Å². The maximum absolute atomic E-state index is 14.4. The van der Waals surface area contributed by atoms with E-state index in [2.05, 4.69) is 51.8 Å². The molecule has 0 aliphatic rings. The highest BCUT2D eigenvalue weighted by atomic mass is 79.9. The summed E-state index contributed by atoms with van der Waals surface area (Å²) in [5.74, 6) is 0.00927. The predicted molar refractivity (Wildman–Crippen MR) is 125 cm³/mol. The third kappa shape index (κ3) is 4.45. The summed E-state index contributed by atoms with van der Waals surface area (Å²) in [5.41, 5.74) is 0.911. The summed E-state index contributed by atoms with van der Waals surface area (Å²) in [7, 11) is -4.20. The first kappa shape index (κ1) is 22.9. The Kier molecular flexibility index (Phi) is 6.39. The lowest BCUT2D eigenvalue weighted by molar-refractivity contribution is 0.408. The number of ether oxygens (including phenoxy) is 1. The number of H-pyrrole nitrogens is 1. The molecule has 168 valence electrons. The van der Waals surface area contributed by atoms with E-state index in [4.69, 9.17) is 4.74 Å². The number of benzene rings is 2. The quantitative estimate of drug-likeness (QED) is 0.307. The van der Waals surface area contributed by atoms with Gasteiger partial charge in [0, 0.05) is 33.3 Å². The molecule has 1 atom stereocenters. The highest BCUT2D eigenvalue weighted by Crippen LogP contribution is 2.31. The maximum Gasteiger partial charge on any atom is 0.322 e. The highest BCUT2D eigenvalue weighted by Gasteiger charge is 2.28. The van der Waals surface area contributed by atoms with Crippen LogP contribution in [0.4, 0.5) is 4.39 Å². The second kappa shape index (κ2) is 8.93. The van der Waals surface area contributed by atoms with Gasteiger partial charge in [-0.25, -0.2) is 17.5 Å². The zero-order valence-electron chi connectivity index (χ0n) is 16.9. The van der Waals surface area contributed by atoms with Crippen molar-refractivity contribution in [3.8, 4) is 11.8 Å². The van der Waals surface area contributed by atoms with Gasteiger partial charge in [0.1, 0.15) is 16.5 Å². The molecule has 2 aromatic carbocycles. The first-order valence-electron chi connectivity index (χ1n) is 9.54. The SMILES string of the molecule is CCn1c(Oc2ccc3cc[nH]c3c2)nnc1[C@@H](C)NS(=O)(=O)c1c(F)cc(Br)cc1Br. The fourth-order valence-corrected chi connectivity index (χ4v) is 6.45. The lowest BCUT2D eigenvalue weighted by Gasteiger charge is -2.16. The van der Waals surface area contributed by atoms with E-state index < -0.39 is 26.8 Å². The fraction of sp³-hybridized carbons (Fsp3) is 0.200. The molecule has 2 heterocycles. The minimum absolute atomic E-state index is 0.102. The van der Waals surface area contributed by atoms with E-state index in [0.717, 1.165) is 17.0 Å². The van der Waals surface area contributed by atoms with Gasteiger partial charge in [0.2, 0.25) is 10.0 Å². The third-order valence-electron chi connectivity index (χ3n) is 4.75. The topological polar surface area (TPSA) is 102 Å². The number of aromatic amines is 1. The number of hydrogen-bond acceptors (Lipinski definition) is 5. The number of hydrogen-bond donors (Lipinski definition) is 2. The molecule has 2 N–H and O–H groups in total. The summed E-state index contributed by atoms with van der Waals surface area (Å²) < 4.78 is 50.7. The lowest BCUT2D eigenvalue weighted by atomic mass is 10.2. The molecule has 0 aliphatic heterocycles. The molecule has 0 radical (unpaired) electrons. The first-order valence-corrected chi connectivity index (χ1v) is 12.6. The molecule has 0 bridgehead atoms. The molecule has 4 aromatic rings. The molecule has 0 saturated carbocycles. The van der Waals surface area contributed by atoms with Crippen LogP contribution in [0.1, 0.15) is 25.7 Å². The Balaban J connectivity index is 1.60. The molecule has 4 rings (SSSR count). The van der Waals surface area contributed by atoms with Crippen LogP contribution in [0.5, 0.6) is 11.8 Å². The smallest absolute Gasteiger partial charge is 0.322 e. The van der Waals surface area contributed by atoms with Crippen molar-refractivity contribution in [2.24, 2.45) is 0 Å². The molecule has 8 nitrogen and oxygen atoms in total. The van der Waals surface area contributed by atoms with Gasteiger partial charge in [-0.3, -0.25) is 4.57 Å². The molecule has 0 unspecified atom stereocenters. The number of rotatable bonds is 7. The van der Waals surface area contributed by atoms with Crippen LogP contribution in [-0.4, -0.2) is 28.2 Å². The van der Waals surface area contributed by atoms with Gasteiger partial charge in [0.05, 0.1) is 6.04 Å². The monoisotopic (exact) mass is 585 g/mol. The van der Waals surface area contributed by atoms with Crippen molar-refractivity contribution < 1.29 is 17.5 Å². The van der Waals surface area contributed by atoms with Crippen LogP contribution < -0.4 is 9.46 Å². The second-order valence-electron chi connectivity index (χ2n) is 6.96. The Morgan fingerprint density at radius 3 is 2.72 bits per heavy atom. The summed E-state index contributed by atoms with van der Waals surface area (Å²) in [5, 5.41) is 9.23. The Morgan fingerprint density at radius 2 is 2.00 bits per heavy atom. The zero-order chi connectivity index (χ0) is 23.0. The maximum atomic E-state index is 14.4. The van der Waals surface area contributed by atoms with Crippen LogP contribution in [0.3, 0.4) is 0 Å². The number of aromatic nitrogens is 4. The van der Waals surface area contributed by atoms with E-state index in [9.17, 15) is 12.8 Å². The highest BCUT2D eigenvalue weighted by molar-refractivity contribution is 9.11. The minimum atomic E-state index is -4.20. The predicted octanol–water partition coefficient (Wildman–Crippen LogP) is 5.28. The Morgan fingerprint density at radius 1 is 1.22 bits per heavy atom. The summed E-state index contributed by atoms with van der Waals surface area (Å²) in [6, 6.07) is 9.48. The molecular formula is C20H18Br2FN5O3S. The summed E-state index contributed by atoms with van der Waals surface area (Å²) >= 11 is 6.26. The average Bonchev–Trinajstić information content (AvgIpc) is 3.32. The molecule has 0 spiro atoms. The molecular weight excluding hydrogens is 569 g/mol. The summed E-state index contributed by atoms with van der Waals surface area (Å²) in [4.78, 5) is 2.63. The van der Waals surface area contributed by atoms with Crippen LogP contribution in [-0.2, 0) is 16.6 Å². The van der Waals surface area contributed by atoms with Gasteiger partial charge in [-0.05, 0) is 65.5 Å². The number of nitrogens with one attached hydrogen (secondary N) is 2. The molecule has 0 amide bonds. The van der Waals surface area contributed by atoms with Crippen molar-refractivity contribution in [3.05, 3.63) is 63.2 Å². The minimum Gasteiger partial charge on any atom is -0.424 e. The van der Waals surface area contributed by atoms with Gasteiger partial charge in [-0.2, -0.15) is 0 Å². The van der Waals surface area contributed by atoms with Crippen molar-refractivity contribution in [3.63, 3.8) is 0 Å². The molecule has 32 heavy (non-hydrogen) atoms. The van der Waals surface area contributed by atoms with Crippen LogP contribution in [0.15, 0.2) is 56.4 Å². The van der Waals surface area contributed by atoms with Gasteiger partial charge in [-0.1, -0.05) is 21.0 Å². The van der Waals surface area contributed by atoms with Crippen LogP contribution in [0.2, 0.25) is 0 Å². The van der Waals surface area contributed by atoms with Crippen LogP contribution in [0, 0.1) is 5.82 Å². The van der Waals surface area contributed by atoms with Crippen molar-refractivity contribution in [1.82, 2.24) is 24.5 Å². The van der Waals surface area contributed by atoms with E-state index in [0.29, 0.717) is 22.6 Å². The average molecular weight is 587 g/mol. The fourth-order valence-electron chi connectivity index (χ4n) is 3.32. The van der Waals surface area contributed by atoms with Crippen LogP contribution >= 0.6 is 31.9 Å². The Bertz CT molecular complexity index is 1380. The molecule has 2 aromatic heterocycles. The zero-order valence-corrected chi connectivity index (χ0v) is 20.9. The van der Waals surface area contributed by atoms with Crippen LogP contribution in [0.25, 0.3) is 10.9 Å². The largest absolute Gasteiger partial charge is 0.424 e.